The van der Waals surface area contributed by atoms with Gasteiger partial charge in [-0.15, -0.1) is 0 Å². The van der Waals surface area contributed by atoms with Gasteiger partial charge < -0.3 is 14.9 Å². The first-order valence-electron chi connectivity index (χ1n) is 7.80. The minimum atomic E-state index is -0.522. The van der Waals surface area contributed by atoms with Crippen LogP contribution in [0.5, 0.6) is 11.5 Å². The Hall–Kier alpha value is -1.52. The Kier molecular flexibility index (Phi) is 1.58. The summed E-state index contributed by atoms with van der Waals surface area (Å²) in [5, 5.41) is 21.0. The van der Waals surface area contributed by atoms with Crippen molar-refractivity contribution < 1.29 is 14.9 Å². The van der Waals surface area contributed by atoms with Gasteiger partial charge in [0.2, 0.25) is 0 Å². The quantitative estimate of drug-likeness (QED) is 0.705. The van der Waals surface area contributed by atoms with Crippen LogP contribution in [0.1, 0.15) is 24.0 Å². The molecule has 0 amide bonds. The molecule has 0 saturated carbocycles. The molecule has 1 fully saturated rings. The second kappa shape index (κ2) is 2.99. The maximum Gasteiger partial charge on any atom is 0.167 e. The minimum Gasteiger partial charge on any atom is -0.504 e. The number of ether oxygens (including phenoxy) is 1. The molecule has 2 N–H and O–H groups in total. The van der Waals surface area contributed by atoms with Gasteiger partial charge in [0.25, 0.3) is 0 Å². The smallest absolute Gasteiger partial charge is 0.167 e. The van der Waals surface area contributed by atoms with Gasteiger partial charge in [0.15, 0.2) is 17.6 Å². The summed E-state index contributed by atoms with van der Waals surface area (Å²) in [6.45, 7) is 0. The Morgan fingerprint density at radius 1 is 1.29 bits per heavy atom. The van der Waals surface area contributed by atoms with E-state index in [1.807, 2.05) is 6.07 Å². The fourth-order valence-electron chi connectivity index (χ4n) is 5.91. The maximum atomic E-state index is 10.8. The summed E-state index contributed by atoms with van der Waals surface area (Å²) >= 11 is 0. The Bertz CT molecular complexity index is 755. The number of benzene rings is 1. The van der Waals surface area contributed by atoms with Crippen LogP contribution in [0, 0.1) is 5.92 Å². The molecule has 5 unspecified atom stereocenters. The zero-order valence-electron chi connectivity index (χ0n) is 11.8. The summed E-state index contributed by atoms with van der Waals surface area (Å²) in [6, 6.07) is 4.30. The predicted molar refractivity (Wildman–Crippen MR) is 75.2 cm³/mol. The van der Waals surface area contributed by atoms with E-state index >= 15 is 0 Å². The van der Waals surface area contributed by atoms with Crippen LogP contribution in [0.4, 0.5) is 0 Å². The van der Waals surface area contributed by atoms with Gasteiger partial charge >= 0.3 is 0 Å². The zero-order valence-corrected chi connectivity index (χ0v) is 11.8. The van der Waals surface area contributed by atoms with Crippen molar-refractivity contribution in [3.05, 3.63) is 34.4 Å². The average Bonchev–Trinajstić information content (AvgIpc) is 2.83. The molecule has 108 valence electrons. The second-order valence-electron chi connectivity index (χ2n) is 7.17. The van der Waals surface area contributed by atoms with Crippen molar-refractivity contribution in [2.75, 3.05) is 7.05 Å². The van der Waals surface area contributed by atoms with E-state index in [2.05, 4.69) is 11.9 Å². The molecule has 0 radical (unpaired) electrons. The Morgan fingerprint density at radius 3 is 2.86 bits per heavy atom. The van der Waals surface area contributed by atoms with Crippen molar-refractivity contribution in [2.45, 2.75) is 43.1 Å². The van der Waals surface area contributed by atoms with E-state index < -0.39 is 6.10 Å². The molecule has 4 heteroatoms. The van der Waals surface area contributed by atoms with Gasteiger partial charge in [-0.25, -0.2) is 0 Å². The highest BCUT2D eigenvalue weighted by Gasteiger charge is 2.75. The number of aliphatic hydroxyl groups is 1. The van der Waals surface area contributed by atoms with Crippen molar-refractivity contribution in [3.63, 3.8) is 0 Å². The first-order valence-corrected chi connectivity index (χ1v) is 7.80. The van der Waals surface area contributed by atoms with Gasteiger partial charge in [-0.2, -0.15) is 0 Å². The summed E-state index contributed by atoms with van der Waals surface area (Å²) in [4.78, 5) is 2.39. The van der Waals surface area contributed by atoms with Crippen LogP contribution in [0.3, 0.4) is 0 Å². The fraction of sp³-hybridized carbons (Fsp3) is 0.529. The van der Waals surface area contributed by atoms with Gasteiger partial charge in [0, 0.05) is 17.5 Å². The van der Waals surface area contributed by atoms with Crippen LogP contribution >= 0.6 is 0 Å². The lowest BCUT2D eigenvalue weighted by molar-refractivity contribution is -0.193. The van der Waals surface area contributed by atoms with Crippen molar-refractivity contribution in [1.82, 2.24) is 4.90 Å². The monoisotopic (exact) mass is 283 g/mol. The van der Waals surface area contributed by atoms with Crippen LogP contribution in [0.25, 0.3) is 0 Å². The molecular weight excluding hydrogens is 266 g/mol. The average molecular weight is 283 g/mol. The molecule has 0 aromatic heterocycles. The summed E-state index contributed by atoms with van der Waals surface area (Å²) in [5.74, 6) is 1.31. The minimum absolute atomic E-state index is 0.213. The molecule has 3 aliphatic heterocycles. The number of aliphatic hydroxyl groups excluding tert-OH is 1. The molecule has 2 bridgehead atoms. The predicted octanol–water partition coefficient (Wildman–Crippen LogP) is 1.30. The van der Waals surface area contributed by atoms with Crippen LogP contribution in [0.2, 0.25) is 0 Å². The zero-order chi connectivity index (χ0) is 14.1. The van der Waals surface area contributed by atoms with E-state index in [1.54, 1.807) is 6.07 Å². The first kappa shape index (κ1) is 11.1. The molecule has 1 aromatic carbocycles. The molecule has 1 spiro atoms. The standard InChI is InChI=1S/C17H17NO3/c1-18-10-6-7-2-5-11(19)15-12(7)17(18)13(10)8-3-4-9(8)14(20)16(17)21-15/h2,5,10,13-14,16,19-20H,3-4,6H2,1H3. The summed E-state index contributed by atoms with van der Waals surface area (Å²) < 4.78 is 6.13. The van der Waals surface area contributed by atoms with Gasteiger partial charge in [-0.1, -0.05) is 11.6 Å². The number of likely N-dealkylation sites (N-methyl/N-ethyl adjacent to an activating group) is 1. The van der Waals surface area contributed by atoms with E-state index in [9.17, 15) is 10.2 Å². The lowest BCUT2D eigenvalue weighted by atomic mass is 9.47. The summed E-state index contributed by atoms with van der Waals surface area (Å²) in [7, 11) is 2.15. The molecular formula is C17H17NO3. The molecule has 4 nitrogen and oxygen atoms in total. The van der Waals surface area contributed by atoms with Gasteiger partial charge in [0.05, 0.1) is 5.54 Å². The summed E-state index contributed by atoms with van der Waals surface area (Å²) in [5.41, 5.74) is 4.91. The number of phenols is 1. The lowest BCUT2D eigenvalue weighted by Crippen LogP contribution is -2.80. The van der Waals surface area contributed by atoms with Crippen molar-refractivity contribution >= 4 is 0 Å². The third kappa shape index (κ3) is 0.858. The number of nitrogens with zero attached hydrogens (tertiary/aromatic N) is 1. The van der Waals surface area contributed by atoms with E-state index in [0.29, 0.717) is 17.7 Å². The number of hydrogen-bond acceptors (Lipinski definition) is 4. The van der Waals surface area contributed by atoms with Crippen LogP contribution in [-0.2, 0) is 12.0 Å². The van der Waals surface area contributed by atoms with E-state index in [4.69, 9.17) is 4.74 Å². The molecule has 3 heterocycles. The molecule has 1 saturated heterocycles. The molecule has 21 heavy (non-hydrogen) atoms. The number of phenolic OH excluding ortho intramolecular Hbond substituents is 1. The first-order chi connectivity index (χ1) is 10.2. The molecule has 2 aliphatic carbocycles. The Morgan fingerprint density at radius 2 is 2.10 bits per heavy atom. The van der Waals surface area contributed by atoms with Crippen molar-refractivity contribution in [3.8, 4) is 11.5 Å². The van der Waals surface area contributed by atoms with Crippen LogP contribution in [0.15, 0.2) is 23.3 Å². The SMILES string of the molecule is CN1C2Cc3ccc(O)c4c3C13C(O4)C(O)C1=C(CC1)C23. The van der Waals surface area contributed by atoms with Crippen molar-refractivity contribution in [1.29, 1.82) is 0 Å². The third-order valence-corrected chi connectivity index (χ3v) is 6.77. The third-order valence-electron chi connectivity index (χ3n) is 6.77. The lowest BCUT2D eigenvalue weighted by Gasteiger charge is -2.70. The van der Waals surface area contributed by atoms with Crippen LogP contribution < -0.4 is 4.74 Å². The highest BCUT2D eigenvalue weighted by Crippen LogP contribution is 2.71. The van der Waals surface area contributed by atoms with Crippen LogP contribution in [-0.4, -0.2) is 40.4 Å². The number of rotatable bonds is 0. The molecule has 6 rings (SSSR count). The maximum absolute atomic E-state index is 10.8. The van der Waals surface area contributed by atoms with E-state index in [0.717, 1.165) is 24.8 Å². The summed E-state index contributed by atoms with van der Waals surface area (Å²) in [6.07, 6.45) is 2.37. The number of aromatic hydroxyl groups is 1. The van der Waals surface area contributed by atoms with Crippen molar-refractivity contribution in [2.24, 2.45) is 5.92 Å². The Balaban J connectivity index is 1.72. The van der Waals surface area contributed by atoms with Gasteiger partial charge in [-0.3, -0.25) is 4.90 Å². The largest absolute Gasteiger partial charge is 0.504 e. The van der Waals surface area contributed by atoms with E-state index in [-0.39, 0.29) is 17.4 Å². The Labute approximate surface area is 122 Å². The van der Waals surface area contributed by atoms with Gasteiger partial charge in [0.1, 0.15) is 6.10 Å². The molecule has 5 atom stereocenters. The topological polar surface area (TPSA) is 52.9 Å². The van der Waals surface area contributed by atoms with E-state index in [1.165, 1.54) is 16.7 Å². The number of fused-ring (bicyclic) bond motifs is 3. The highest BCUT2D eigenvalue weighted by atomic mass is 16.5. The molecule has 5 aliphatic rings. The fourth-order valence-corrected chi connectivity index (χ4v) is 5.91. The molecule has 1 aromatic rings. The normalized spacial score (nSPS) is 44.5. The second-order valence-corrected chi connectivity index (χ2v) is 7.17. The highest BCUT2D eigenvalue weighted by molar-refractivity contribution is 5.65. The van der Waals surface area contributed by atoms with Gasteiger partial charge in [-0.05, 0) is 43.5 Å². The number of hydrogen-bond donors (Lipinski definition) is 2.